The normalized spacial score (nSPS) is 33.8. The van der Waals surface area contributed by atoms with Crippen LogP contribution in [-0.4, -0.2) is 22.9 Å². The SMILES string of the molecule is CNC(Cc1cnn(C)c1)C1CC2CC2C1. The van der Waals surface area contributed by atoms with E-state index in [1.165, 1.54) is 24.8 Å². The van der Waals surface area contributed by atoms with Gasteiger partial charge in [0.2, 0.25) is 0 Å². The molecule has 0 bridgehead atoms. The maximum Gasteiger partial charge on any atom is 0.0522 e. The van der Waals surface area contributed by atoms with Gasteiger partial charge in [0.1, 0.15) is 0 Å². The number of hydrogen-bond donors (Lipinski definition) is 1. The molecule has 0 radical (unpaired) electrons. The van der Waals surface area contributed by atoms with Gasteiger partial charge in [0.25, 0.3) is 0 Å². The second-order valence-corrected chi connectivity index (χ2v) is 5.61. The van der Waals surface area contributed by atoms with E-state index in [0.29, 0.717) is 6.04 Å². The lowest BCUT2D eigenvalue weighted by Crippen LogP contribution is -2.34. The minimum absolute atomic E-state index is 0.650. The fourth-order valence-corrected chi connectivity index (χ4v) is 3.43. The molecule has 16 heavy (non-hydrogen) atoms. The van der Waals surface area contributed by atoms with Crippen molar-refractivity contribution in [2.75, 3.05) is 7.05 Å². The van der Waals surface area contributed by atoms with Crippen LogP contribution in [0, 0.1) is 17.8 Å². The molecule has 0 saturated heterocycles. The summed E-state index contributed by atoms with van der Waals surface area (Å²) in [5, 5.41) is 7.75. The molecular weight excluding hydrogens is 198 g/mol. The summed E-state index contributed by atoms with van der Waals surface area (Å²) >= 11 is 0. The van der Waals surface area contributed by atoms with Gasteiger partial charge in [-0.2, -0.15) is 5.10 Å². The van der Waals surface area contributed by atoms with Crippen molar-refractivity contribution >= 4 is 0 Å². The smallest absolute Gasteiger partial charge is 0.0522 e. The highest BCUT2D eigenvalue weighted by Crippen LogP contribution is 2.55. The zero-order valence-electron chi connectivity index (χ0n) is 10.2. The van der Waals surface area contributed by atoms with Crippen molar-refractivity contribution in [1.82, 2.24) is 15.1 Å². The lowest BCUT2D eigenvalue weighted by atomic mass is 9.90. The van der Waals surface area contributed by atoms with Crippen molar-refractivity contribution < 1.29 is 0 Å². The van der Waals surface area contributed by atoms with Gasteiger partial charge < -0.3 is 5.32 Å². The van der Waals surface area contributed by atoms with Crippen molar-refractivity contribution in [2.24, 2.45) is 24.8 Å². The summed E-state index contributed by atoms with van der Waals surface area (Å²) in [5.41, 5.74) is 1.36. The Kier molecular flexibility index (Phi) is 2.51. The highest BCUT2D eigenvalue weighted by molar-refractivity contribution is 5.08. The van der Waals surface area contributed by atoms with E-state index in [4.69, 9.17) is 0 Å². The minimum atomic E-state index is 0.650. The van der Waals surface area contributed by atoms with Gasteiger partial charge in [-0.25, -0.2) is 0 Å². The fourth-order valence-electron chi connectivity index (χ4n) is 3.43. The average molecular weight is 219 g/mol. The number of likely N-dealkylation sites (N-methyl/N-ethyl adjacent to an activating group) is 1. The number of aryl methyl sites for hydroxylation is 1. The molecule has 3 atom stereocenters. The van der Waals surface area contributed by atoms with Crippen molar-refractivity contribution in [3.63, 3.8) is 0 Å². The summed E-state index contributed by atoms with van der Waals surface area (Å²) in [7, 11) is 4.09. The molecule has 2 fully saturated rings. The van der Waals surface area contributed by atoms with Crippen LogP contribution in [0.1, 0.15) is 24.8 Å². The monoisotopic (exact) mass is 219 g/mol. The molecule has 0 aliphatic heterocycles. The number of nitrogens with one attached hydrogen (secondary N) is 1. The quantitative estimate of drug-likeness (QED) is 0.833. The molecule has 1 N–H and O–H groups in total. The number of rotatable bonds is 4. The molecule has 3 unspecified atom stereocenters. The highest BCUT2D eigenvalue weighted by atomic mass is 15.2. The first-order valence-corrected chi connectivity index (χ1v) is 6.41. The largest absolute Gasteiger partial charge is 0.316 e. The van der Waals surface area contributed by atoms with Gasteiger partial charge in [-0.1, -0.05) is 0 Å². The predicted octanol–water partition coefficient (Wildman–Crippen LogP) is 1.60. The number of nitrogens with zero attached hydrogens (tertiary/aromatic N) is 2. The van der Waals surface area contributed by atoms with E-state index in [-0.39, 0.29) is 0 Å². The first-order chi connectivity index (χ1) is 7.76. The van der Waals surface area contributed by atoms with Crippen LogP contribution in [0.3, 0.4) is 0 Å². The zero-order valence-corrected chi connectivity index (χ0v) is 10.2. The summed E-state index contributed by atoms with van der Waals surface area (Å²) in [6.45, 7) is 0. The van der Waals surface area contributed by atoms with E-state index in [2.05, 4.69) is 23.7 Å². The van der Waals surface area contributed by atoms with Gasteiger partial charge in [0.05, 0.1) is 6.20 Å². The van der Waals surface area contributed by atoms with E-state index in [1.807, 2.05) is 17.9 Å². The summed E-state index contributed by atoms with van der Waals surface area (Å²) in [5.74, 6) is 3.05. The molecule has 3 heteroatoms. The van der Waals surface area contributed by atoms with Crippen LogP contribution < -0.4 is 5.32 Å². The summed E-state index contributed by atoms with van der Waals surface area (Å²) < 4.78 is 1.90. The Morgan fingerprint density at radius 3 is 2.75 bits per heavy atom. The molecule has 1 aromatic heterocycles. The molecule has 2 aliphatic rings. The Hall–Kier alpha value is -0.830. The molecule has 2 aliphatic carbocycles. The van der Waals surface area contributed by atoms with Crippen LogP contribution in [0.5, 0.6) is 0 Å². The van der Waals surface area contributed by atoms with Crippen molar-refractivity contribution in [3.8, 4) is 0 Å². The molecule has 0 amide bonds. The Labute approximate surface area is 97.2 Å². The van der Waals surface area contributed by atoms with Gasteiger partial charge in [-0.15, -0.1) is 0 Å². The molecule has 88 valence electrons. The summed E-state index contributed by atoms with van der Waals surface area (Å²) in [6.07, 6.45) is 9.70. The van der Waals surface area contributed by atoms with Gasteiger partial charge in [0, 0.05) is 19.3 Å². The Morgan fingerprint density at radius 2 is 2.19 bits per heavy atom. The highest BCUT2D eigenvalue weighted by Gasteiger charge is 2.47. The maximum atomic E-state index is 4.24. The predicted molar refractivity (Wildman–Crippen MR) is 64.1 cm³/mol. The summed E-state index contributed by atoms with van der Waals surface area (Å²) in [4.78, 5) is 0. The Balaban J connectivity index is 1.62. The molecule has 3 nitrogen and oxygen atoms in total. The van der Waals surface area contributed by atoms with E-state index < -0.39 is 0 Å². The Bertz CT molecular complexity index is 361. The van der Waals surface area contributed by atoms with E-state index in [0.717, 1.165) is 24.2 Å². The van der Waals surface area contributed by atoms with Crippen LogP contribution >= 0.6 is 0 Å². The lowest BCUT2D eigenvalue weighted by Gasteiger charge is -2.23. The topological polar surface area (TPSA) is 29.9 Å². The first kappa shape index (κ1) is 10.3. The third-order valence-corrected chi connectivity index (χ3v) is 4.43. The third kappa shape index (κ3) is 1.88. The minimum Gasteiger partial charge on any atom is -0.316 e. The van der Waals surface area contributed by atoms with Crippen molar-refractivity contribution in [2.45, 2.75) is 31.7 Å². The van der Waals surface area contributed by atoms with Gasteiger partial charge >= 0.3 is 0 Å². The number of hydrogen-bond acceptors (Lipinski definition) is 2. The van der Waals surface area contributed by atoms with Gasteiger partial charge in [-0.05, 0) is 56.0 Å². The van der Waals surface area contributed by atoms with Gasteiger partial charge in [0.15, 0.2) is 0 Å². The lowest BCUT2D eigenvalue weighted by molar-refractivity contribution is 0.349. The number of fused-ring (bicyclic) bond motifs is 1. The second-order valence-electron chi connectivity index (χ2n) is 5.61. The van der Waals surface area contributed by atoms with Crippen LogP contribution in [0.2, 0.25) is 0 Å². The van der Waals surface area contributed by atoms with Crippen molar-refractivity contribution in [1.29, 1.82) is 0 Å². The van der Waals surface area contributed by atoms with Crippen LogP contribution in [0.25, 0.3) is 0 Å². The second kappa shape index (κ2) is 3.88. The molecule has 2 saturated carbocycles. The molecule has 0 aromatic carbocycles. The van der Waals surface area contributed by atoms with Gasteiger partial charge in [-0.3, -0.25) is 4.68 Å². The summed E-state index contributed by atoms with van der Waals surface area (Å²) in [6, 6.07) is 0.650. The van der Waals surface area contributed by atoms with E-state index in [9.17, 15) is 0 Å². The molecule has 1 heterocycles. The average Bonchev–Trinajstić information content (AvgIpc) is 2.71. The number of aromatic nitrogens is 2. The Morgan fingerprint density at radius 1 is 1.44 bits per heavy atom. The third-order valence-electron chi connectivity index (χ3n) is 4.43. The van der Waals surface area contributed by atoms with Crippen LogP contribution in [0.4, 0.5) is 0 Å². The standard InChI is InChI=1S/C13H21N3/c1-14-13(3-9-7-15-16(2)8-9)12-5-10-4-11(10)6-12/h7-8,10-14H,3-6H2,1-2H3. The van der Waals surface area contributed by atoms with Crippen LogP contribution in [0.15, 0.2) is 12.4 Å². The molecule has 3 rings (SSSR count). The van der Waals surface area contributed by atoms with E-state index in [1.54, 1.807) is 0 Å². The first-order valence-electron chi connectivity index (χ1n) is 6.41. The van der Waals surface area contributed by atoms with E-state index >= 15 is 0 Å². The maximum absolute atomic E-state index is 4.24. The van der Waals surface area contributed by atoms with Crippen molar-refractivity contribution in [3.05, 3.63) is 18.0 Å². The molecule has 0 spiro atoms. The van der Waals surface area contributed by atoms with Crippen LogP contribution in [-0.2, 0) is 13.5 Å². The zero-order chi connectivity index (χ0) is 11.1. The fraction of sp³-hybridized carbons (Fsp3) is 0.769. The molecule has 1 aromatic rings. The molecular formula is C13H21N3.